The summed E-state index contributed by atoms with van der Waals surface area (Å²) >= 11 is 0. The van der Waals surface area contributed by atoms with Gasteiger partial charge in [0.2, 0.25) is 0 Å². The van der Waals surface area contributed by atoms with Gasteiger partial charge < -0.3 is 14.8 Å². The zero-order valence-corrected chi connectivity index (χ0v) is 13.1. The van der Waals surface area contributed by atoms with Crippen molar-refractivity contribution < 1.29 is 9.47 Å². The molecule has 2 aromatic carbocycles. The minimum atomic E-state index is 0.176. The molecule has 0 spiro atoms. The summed E-state index contributed by atoms with van der Waals surface area (Å²) in [6.07, 6.45) is 0. The molecule has 1 unspecified atom stereocenters. The van der Waals surface area contributed by atoms with Gasteiger partial charge in [-0.1, -0.05) is 24.3 Å². The maximum Gasteiger partial charge on any atom is 0.123 e. The highest BCUT2D eigenvalue weighted by Crippen LogP contribution is 2.29. The van der Waals surface area contributed by atoms with Crippen LogP contribution in [0, 0.1) is 6.92 Å². The number of hydrogen-bond acceptors (Lipinski definition) is 3. The summed E-state index contributed by atoms with van der Waals surface area (Å²) in [7, 11) is 3.37. The van der Waals surface area contributed by atoms with Gasteiger partial charge in [-0.25, -0.2) is 0 Å². The number of methoxy groups -OCH3 is 2. The molecule has 2 aromatic rings. The van der Waals surface area contributed by atoms with Crippen molar-refractivity contribution in [1.29, 1.82) is 0 Å². The van der Waals surface area contributed by atoms with Crippen LogP contribution in [0.5, 0.6) is 11.5 Å². The summed E-state index contributed by atoms with van der Waals surface area (Å²) in [5.41, 5.74) is 3.71. The van der Waals surface area contributed by atoms with Crippen LogP contribution < -0.4 is 14.8 Å². The molecule has 0 aliphatic heterocycles. The second-order valence-electron chi connectivity index (χ2n) is 5.14. The molecule has 3 nitrogen and oxygen atoms in total. The topological polar surface area (TPSA) is 30.5 Å². The smallest absolute Gasteiger partial charge is 0.123 e. The van der Waals surface area contributed by atoms with Gasteiger partial charge in [-0.2, -0.15) is 0 Å². The van der Waals surface area contributed by atoms with Crippen LogP contribution in [-0.2, 0) is 6.54 Å². The monoisotopic (exact) mass is 285 g/mol. The fourth-order valence-corrected chi connectivity index (χ4v) is 2.36. The van der Waals surface area contributed by atoms with Crippen LogP contribution in [0.25, 0.3) is 0 Å². The summed E-state index contributed by atoms with van der Waals surface area (Å²) in [6.45, 7) is 5.09. The summed E-state index contributed by atoms with van der Waals surface area (Å²) in [5, 5.41) is 3.55. The maximum absolute atomic E-state index is 5.45. The summed E-state index contributed by atoms with van der Waals surface area (Å²) < 4.78 is 10.7. The molecule has 0 aliphatic carbocycles. The predicted molar refractivity (Wildman–Crippen MR) is 86.0 cm³/mol. The molecule has 0 saturated heterocycles. The molecule has 3 heteroatoms. The first kappa shape index (κ1) is 15.4. The van der Waals surface area contributed by atoms with Crippen molar-refractivity contribution >= 4 is 0 Å². The Morgan fingerprint density at radius 1 is 1.05 bits per heavy atom. The molecular formula is C18H23NO2. The van der Waals surface area contributed by atoms with Gasteiger partial charge >= 0.3 is 0 Å². The highest BCUT2D eigenvalue weighted by atomic mass is 16.5. The molecular weight excluding hydrogens is 262 g/mol. The summed E-state index contributed by atoms with van der Waals surface area (Å²) in [4.78, 5) is 0. The second-order valence-corrected chi connectivity index (χ2v) is 5.14. The minimum absolute atomic E-state index is 0.176. The molecule has 112 valence electrons. The van der Waals surface area contributed by atoms with Gasteiger partial charge in [0.25, 0.3) is 0 Å². The third-order valence-electron chi connectivity index (χ3n) is 3.76. The van der Waals surface area contributed by atoms with E-state index in [-0.39, 0.29) is 6.04 Å². The van der Waals surface area contributed by atoms with Crippen LogP contribution in [0.4, 0.5) is 0 Å². The highest BCUT2D eigenvalue weighted by Gasteiger charge is 2.12. The quantitative estimate of drug-likeness (QED) is 0.874. The van der Waals surface area contributed by atoms with Crippen LogP contribution in [0.1, 0.15) is 29.7 Å². The van der Waals surface area contributed by atoms with E-state index in [1.807, 2.05) is 18.2 Å². The molecule has 0 radical (unpaired) electrons. The third kappa shape index (κ3) is 3.76. The van der Waals surface area contributed by atoms with Gasteiger partial charge in [0.15, 0.2) is 0 Å². The van der Waals surface area contributed by atoms with Crippen molar-refractivity contribution in [3.8, 4) is 11.5 Å². The van der Waals surface area contributed by atoms with Gasteiger partial charge in [-0.15, -0.1) is 0 Å². The summed E-state index contributed by atoms with van der Waals surface area (Å²) in [6, 6.07) is 14.5. The first-order valence-corrected chi connectivity index (χ1v) is 7.15. The van der Waals surface area contributed by atoms with E-state index in [4.69, 9.17) is 9.47 Å². The molecule has 1 N–H and O–H groups in total. The first-order chi connectivity index (χ1) is 10.2. The van der Waals surface area contributed by atoms with Crippen molar-refractivity contribution in [1.82, 2.24) is 5.32 Å². The van der Waals surface area contributed by atoms with Gasteiger partial charge in [0, 0.05) is 18.2 Å². The number of aryl methyl sites for hydroxylation is 1. The number of nitrogens with one attached hydrogen (secondary N) is 1. The fourth-order valence-electron chi connectivity index (χ4n) is 2.36. The van der Waals surface area contributed by atoms with Crippen molar-refractivity contribution in [3.63, 3.8) is 0 Å². The van der Waals surface area contributed by atoms with Crippen LogP contribution in [-0.4, -0.2) is 14.2 Å². The van der Waals surface area contributed by atoms with Gasteiger partial charge in [-0.3, -0.25) is 0 Å². The Morgan fingerprint density at radius 2 is 1.81 bits per heavy atom. The van der Waals surface area contributed by atoms with Crippen LogP contribution in [0.15, 0.2) is 42.5 Å². The van der Waals surface area contributed by atoms with Crippen molar-refractivity contribution in [2.45, 2.75) is 26.4 Å². The molecule has 0 aromatic heterocycles. The van der Waals surface area contributed by atoms with Crippen molar-refractivity contribution in [2.75, 3.05) is 14.2 Å². The molecule has 0 aliphatic rings. The molecule has 0 bridgehead atoms. The third-order valence-corrected chi connectivity index (χ3v) is 3.76. The largest absolute Gasteiger partial charge is 0.497 e. The Kier molecular flexibility index (Phi) is 5.23. The zero-order chi connectivity index (χ0) is 15.2. The fraction of sp³-hybridized carbons (Fsp3) is 0.333. The molecule has 0 fully saturated rings. The van der Waals surface area contributed by atoms with Gasteiger partial charge in [0.05, 0.1) is 14.2 Å². The average Bonchev–Trinajstić information content (AvgIpc) is 2.53. The van der Waals surface area contributed by atoms with E-state index in [0.29, 0.717) is 0 Å². The number of rotatable bonds is 6. The van der Waals surface area contributed by atoms with E-state index in [1.165, 1.54) is 11.1 Å². The molecule has 1 atom stereocenters. The van der Waals surface area contributed by atoms with Crippen LogP contribution in [0.2, 0.25) is 0 Å². The first-order valence-electron chi connectivity index (χ1n) is 7.15. The Balaban J connectivity index is 2.13. The van der Waals surface area contributed by atoms with E-state index in [0.717, 1.165) is 23.6 Å². The Labute approximate surface area is 126 Å². The molecule has 0 amide bonds. The highest BCUT2D eigenvalue weighted by molar-refractivity contribution is 5.42. The van der Waals surface area contributed by atoms with E-state index in [2.05, 4.69) is 43.4 Å². The Hall–Kier alpha value is -2.00. The normalized spacial score (nSPS) is 12.0. The standard InChI is InChI=1S/C18H23NO2/c1-13-7-5-6-8-15(13)12-19-14(2)17-11-16(20-3)9-10-18(17)21-4/h5-11,14,19H,12H2,1-4H3. The Bertz CT molecular complexity index is 596. The summed E-state index contributed by atoms with van der Waals surface area (Å²) in [5.74, 6) is 1.72. The lowest BCUT2D eigenvalue weighted by atomic mass is 10.0. The predicted octanol–water partition coefficient (Wildman–Crippen LogP) is 3.86. The second kappa shape index (κ2) is 7.14. The molecule has 2 rings (SSSR count). The minimum Gasteiger partial charge on any atom is -0.497 e. The van der Waals surface area contributed by atoms with Crippen molar-refractivity contribution in [3.05, 3.63) is 59.2 Å². The van der Waals surface area contributed by atoms with Gasteiger partial charge in [0.1, 0.15) is 11.5 Å². The molecule has 0 heterocycles. The zero-order valence-electron chi connectivity index (χ0n) is 13.1. The lowest BCUT2D eigenvalue weighted by Gasteiger charge is -2.19. The SMILES string of the molecule is COc1ccc(OC)c(C(C)NCc2ccccc2C)c1. The van der Waals surface area contributed by atoms with Crippen LogP contribution in [0.3, 0.4) is 0 Å². The van der Waals surface area contributed by atoms with E-state index >= 15 is 0 Å². The van der Waals surface area contributed by atoms with Crippen LogP contribution >= 0.6 is 0 Å². The number of ether oxygens (including phenoxy) is 2. The lowest BCUT2D eigenvalue weighted by Crippen LogP contribution is -2.19. The number of hydrogen-bond donors (Lipinski definition) is 1. The maximum atomic E-state index is 5.45. The van der Waals surface area contributed by atoms with E-state index < -0.39 is 0 Å². The Morgan fingerprint density at radius 3 is 2.48 bits per heavy atom. The van der Waals surface area contributed by atoms with E-state index in [1.54, 1.807) is 14.2 Å². The molecule has 21 heavy (non-hydrogen) atoms. The van der Waals surface area contributed by atoms with E-state index in [9.17, 15) is 0 Å². The number of benzene rings is 2. The molecule has 0 saturated carbocycles. The van der Waals surface area contributed by atoms with Gasteiger partial charge in [-0.05, 0) is 43.2 Å². The lowest BCUT2D eigenvalue weighted by molar-refractivity contribution is 0.391. The van der Waals surface area contributed by atoms with Crippen molar-refractivity contribution in [2.24, 2.45) is 0 Å². The average molecular weight is 285 g/mol.